The zero-order valence-corrected chi connectivity index (χ0v) is 15.7. The summed E-state index contributed by atoms with van der Waals surface area (Å²) in [5.74, 6) is -0.757. The van der Waals surface area contributed by atoms with Gasteiger partial charge < -0.3 is 15.6 Å². The largest absolute Gasteiger partial charge is 0.431 e. The zero-order chi connectivity index (χ0) is 21.3. The number of hydrogen-bond donors (Lipinski definition) is 3. The van der Waals surface area contributed by atoms with Crippen LogP contribution in [0.15, 0.2) is 65.5 Å². The van der Waals surface area contributed by atoms with Crippen molar-refractivity contribution in [3.8, 4) is 0 Å². The number of pyridine rings is 1. The van der Waals surface area contributed by atoms with Crippen LogP contribution in [0.5, 0.6) is 0 Å². The first-order valence-electron chi connectivity index (χ1n) is 9.36. The zero-order valence-electron chi connectivity index (χ0n) is 15.7. The van der Waals surface area contributed by atoms with E-state index in [2.05, 4.69) is 10.6 Å². The molecule has 5 nitrogen and oxygen atoms in total. The van der Waals surface area contributed by atoms with Gasteiger partial charge in [0.05, 0.1) is 6.04 Å². The molecule has 2 heterocycles. The normalized spacial score (nSPS) is 14.0. The molecule has 1 aliphatic heterocycles. The monoisotopic (exact) mass is 413 g/mol. The molecule has 154 valence electrons. The number of carbonyl (C=O) groups is 1. The number of rotatable bonds is 4. The Labute approximate surface area is 170 Å². The number of fused-ring (bicyclic) bond motifs is 1. The average molecular weight is 413 g/mol. The Morgan fingerprint density at radius 2 is 1.77 bits per heavy atom. The summed E-state index contributed by atoms with van der Waals surface area (Å²) < 4.78 is 38.4. The first-order chi connectivity index (χ1) is 14.3. The number of H-pyrrole nitrogens is 1. The third kappa shape index (κ3) is 3.94. The van der Waals surface area contributed by atoms with Crippen molar-refractivity contribution in [2.45, 2.75) is 18.6 Å². The van der Waals surface area contributed by atoms with Gasteiger partial charge in [0.15, 0.2) is 0 Å². The lowest BCUT2D eigenvalue weighted by Gasteiger charge is -2.21. The molecule has 3 N–H and O–H groups in total. The van der Waals surface area contributed by atoms with Gasteiger partial charge in [0, 0.05) is 12.2 Å². The van der Waals surface area contributed by atoms with Crippen molar-refractivity contribution >= 4 is 11.6 Å². The maximum atomic E-state index is 12.8. The van der Waals surface area contributed by atoms with Crippen LogP contribution in [-0.2, 0) is 12.6 Å². The second-order valence-electron chi connectivity index (χ2n) is 7.02. The van der Waals surface area contributed by atoms with Crippen molar-refractivity contribution in [1.29, 1.82) is 0 Å². The lowest BCUT2D eigenvalue weighted by atomic mass is 9.96. The molecular weight excluding hydrogens is 395 g/mol. The number of alkyl halides is 3. The molecule has 0 aliphatic carbocycles. The molecule has 1 aromatic heterocycles. The molecule has 1 aliphatic rings. The van der Waals surface area contributed by atoms with E-state index in [9.17, 15) is 22.8 Å². The van der Waals surface area contributed by atoms with E-state index in [1.165, 1.54) is 5.56 Å². The highest BCUT2D eigenvalue weighted by molar-refractivity contribution is 5.94. The predicted octanol–water partition coefficient (Wildman–Crippen LogP) is 3.88. The molecule has 0 spiro atoms. The molecule has 4 rings (SSSR count). The molecular formula is C22H18F3N3O2. The van der Waals surface area contributed by atoms with E-state index in [4.69, 9.17) is 0 Å². The summed E-state index contributed by atoms with van der Waals surface area (Å²) in [5.41, 5.74) is 1.06. The molecule has 2 aromatic carbocycles. The lowest BCUT2D eigenvalue weighted by molar-refractivity contribution is -0.141. The quantitative estimate of drug-likeness (QED) is 0.608. The van der Waals surface area contributed by atoms with Crippen LogP contribution in [0.2, 0.25) is 0 Å². The van der Waals surface area contributed by atoms with Gasteiger partial charge in [-0.05, 0) is 41.3 Å². The molecule has 1 amide bonds. The number of hydrogen-bond acceptors (Lipinski definition) is 3. The summed E-state index contributed by atoms with van der Waals surface area (Å²) in [5, 5.41) is 6.08. The van der Waals surface area contributed by atoms with Crippen LogP contribution in [-0.4, -0.2) is 17.4 Å². The predicted molar refractivity (Wildman–Crippen MR) is 106 cm³/mol. The summed E-state index contributed by atoms with van der Waals surface area (Å²) in [6.45, 7) is 0.835. The first kappa shape index (κ1) is 19.8. The van der Waals surface area contributed by atoms with Crippen molar-refractivity contribution < 1.29 is 18.0 Å². The van der Waals surface area contributed by atoms with Gasteiger partial charge in [0.1, 0.15) is 11.3 Å². The Kier molecular flexibility index (Phi) is 5.07. The standard InChI is InChI=1S/C22H18F3N3O2/c23-22(24,25)18-9-8-16(20(29)27-18)21(30)28-19(14-4-2-1-3-5-14)15-7-6-13-10-11-26-17(13)12-15/h1-9,12,19,26H,10-11H2,(H,27,29)(H,28,30). The molecule has 0 saturated heterocycles. The third-order valence-electron chi connectivity index (χ3n) is 5.04. The average Bonchev–Trinajstić information content (AvgIpc) is 3.19. The van der Waals surface area contributed by atoms with E-state index in [0.717, 1.165) is 35.8 Å². The maximum absolute atomic E-state index is 12.8. The summed E-state index contributed by atoms with van der Waals surface area (Å²) >= 11 is 0. The molecule has 3 aromatic rings. The van der Waals surface area contributed by atoms with Crippen molar-refractivity contribution in [3.05, 3.63) is 99.0 Å². The Bertz CT molecular complexity index is 1140. The molecule has 1 unspecified atom stereocenters. The molecule has 0 radical (unpaired) electrons. The van der Waals surface area contributed by atoms with E-state index >= 15 is 0 Å². The van der Waals surface area contributed by atoms with Crippen molar-refractivity contribution in [3.63, 3.8) is 0 Å². The summed E-state index contributed by atoms with van der Waals surface area (Å²) in [6, 6.07) is 16.0. The Balaban J connectivity index is 1.67. The topological polar surface area (TPSA) is 74.0 Å². The van der Waals surface area contributed by atoms with Gasteiger partial charge in [-0.1, -0.05) is 42.5 Å². The SMILES string of the molecule is O=C(NC(c1ccccc1)c1ccc2c(c1)NCC2)c1ccc(C(F)(F)F)[nH]c1=O. The minimum absolute atomic E-state index is 0.386. The van der Waals surface area contributed by atoms with E-state index in [1.807, 2.05) is 48.5 Å². The number of carbonyl (C=O) groups excluding carboxylic acids is 1. The minimum atomic E-state index is -4.70. The number of nitrogens with one attached hydrogen (secondary N) is 3. The van der Waals surface area contributed by atoms with Crippen LogP contribution < -0.4 is 16.2 Å². The fraction of sp³-hybridized carbons (Fsp3) is 0.182. The van der Waals surface area contributed by atoms with E-state index in [1.54, 1.807) is 4.98 Å². The van der Waals surface area contributed by atoms with Crippen molar-refractivity contribution in [2.75, 3.05) is 11.9 Å². The van der Waals surface area contributed by atoms with Crippen molar-refractivity contribution in [2.24, 2.45) is 0 Å². The lowest BCUT2D eigenvalue weighted by Crippen LogP contribution is -2.34. The number of halogens is 3. The van der Waals surface area contributed by atoms with Crippen LogP contribution in [0.3, 0.4) is 0 Å². The van der Waals surface area contributed by atoms with Crippen LogP contribution in [0.4, 0.5) is 18.9 Å². The van der Waals surface area contributed by atoms with Crippen LogP contribution in [0, 0.1) is 0 Å². The van der Waals surface area contributed by atoms with Crippen LogP contribution in [0.1, 0.15) is 38.8 Å². The number of aromatic nitrogens is 1. The van der Waals surface area contributed by atoms with E-state index in [0.29, 0.717) is 6.07 Å². The van der Waals surface area contributed by atoms with Gasteiger partial charge >= 0.3 is 6.18 Å². The van der Waals surface area contributed by atoms with Crippen LogP contribution in [0.25, 0.3) is 0 Å². The Hall–Kier alpha value is -3.55. The van der Waals surface area contributed by atoms with Gasteiger partial charge in [0.25, 0.3) is 11.5 Å². The molecule has 1 atom stereocenters. The van der Waals surface area contributed by atoms with Gasteiger partial charge in [-0.2, -0.15) is 13.2 Å². The molecule has 8 heteroatoms. The first-order valence-corrected chi connectivity index (χ1v) is 9.36. The Morgan fingerprint density at radius 3 is 2.47 bits per heavy atom. The molecule has 0 saturated carbocycles. The molecule has 30 heavy (non-hydrogen) atoms. The van der Waals surface area contributed by atoms with Gasteiger partial charge in [-0.15, -0.1) is 0 Å². The van der Waals surface area contributed by atoms with Crippen LogP contribution >= 0.6 is 0 Å². The fourth-order valence-electron chi connectivity index (χ4n) is 3.52. The number of anilines is 1. The van der Waals surface area contributed by atoms with E-state index < -0.39 is 29.4 Å². The highest BCUT2D eigenvalue weighted by atomic mass is 19.4. The maximum Gasteiger partial charge on any atom is 0.431 e. The third-order valence-corrected chi connectivity index (χ3v) is 5.04. The fourth-order valence-corrected chi connectivity index (χ4v) is 3.52. The van der Waals surface area contributed by atoms with Gasteiger partial charge in [0.2, 0.25) is 0 Å². The smallest absolute Gasteiger partial charge is 0.384 e. The summed E-state index contributed by atoms with van der Waals surface area (Å²) in [4.78, 5) is 26.6. The summed E-state index contributed by atoms with van der Waals surface area (Å²) in [7, 11) is 0. The highest BCUT2D eigenvalue weighted by Crippen LogP contribution is 2.30. The number of amides is 1. The second kappa shape index (κ2) is 7.70. The minimum Gasteiger partial charge on any atom is -0.384 e. The Morgan fingerprint density at radius 1 is 1.00 bits per heavy atom. The van der Waals surface area contributed by atoms with Gasteiger partial charge in [-0.25, -0.2) is 0 Å². The highest BCUT2D eigenvalue weighted by Gasteiger charge is 2.32. The number of aromatic amines is 1. The van der Waals surface area contributed by atoms with Gasteiger partial charge in [-0.3, -0.25) is 9.59 Å². The van der Waals surface area contributed by atoms with Crippen molar-refractivity contribution in [1.82, 2.24) is 10.3 Å². The summed E-state index contributed by atoms with van der Waals surface area (Å²) in [6.07, 6.45) is -3.78. The molecule has 0 fully saturated rings. The second-order valence-corrected chi connectivity index (χ2v) is 7.02. The number of benzene rings is 2. The molecule has 0 bridgehead atoms. The van der Waals surface area contributed by atoms with E-state index in [-0.39, 0.29) is 5.56 Å².